The molecule has 0 saturated heterocycles. The molecule has 0 amide bonds. The van der Waals surface area contributed by atoms with Gasteiger partial charge in [-0.3, -0.25) is 14.3 Å². The average Bonchev–Trinajstić information content (AvgIpc) is 2.26. The summed E-state index contributed by atoms with van der Waals surface area (Å²) < 4.78 is 10.9. The molecule has 100 valence electrons. The molecule has 5 nitrogen and oxygen atoms in total. The van der Waals surface area contributed by atoms with Crippen molar-refractivity contribution in [2.45, 2.75) is 13.3 Å². The van der Waals surface area contributed by atoms with Crippen molar-refractivity contribution in [3.8, 4) is 0 Å². The van der Waals surface area contributed by atoms with Crippen LogP contribution in [0.1, 0.15) is 12.0 Å². The molecule has 18 heavy (non-hydrogen) atoms. The van der Waals surface area contributed by atoms with Crippen LogP contribution in [0.25, 0.3) is 0 Å². The summed E-state index contributed by atoms with van der Waals surface area (Å²) >= 11 is 5.99. The van der Waals surface area contributed by atoms with Gasteiger partial charge in [-0.15, -0.1) is 0 Å². The van der Waals surface area contributed by atoms with Gasteiger partial charge in [-0.05, 0) is 18.9 Å². The van der Waals surface area contributed by atoms with E-state index in [2.05, 4.69) is 5.32 Å². The summed E-state index contributed by atoms with van der Waals surface area (Å²) in [6.45, 7) is 2.40. The lowest BCUT2D eigenvalue weighted by Crippen LogP contribution is -2.07. The second-order valence-electron chi connectivity index (χ2n) is 3.93. The van der Waals surface area contributed by atoms with Gasteiger partial charge in [-0.2, -0.15) is 0 Å². The minimum Gasteiger partial charge on any atom is -0.384 e. The highest BCUT2D eigenvalue weighted by Gasteiger charge is 2.12. The fourth-order valence-electron chi connectivity index (χ4n) is 1.54. The lowest BCUT2D eigenvalue weighted by molar-refractivity contribution is -0.384. The lowest BCUT2D eigenvalue weighted by atomic mass is 10.1. The van der Waals surface area contributed by atoms with Gasteiger partial charge in [0, 0.05) is 41.5 Å². The number of non-ortho nitro benzene ring substituents is 1. The maximum absolute atomic E-state index is 10.9. The Kier molecular flexibility index (Phi) is 5.55. The van der Waals surface area contributed by atoms with Crippen LogP contribution < -0.4 is 5.32 Å². The molecule has 0 bridgehead atoms. The van der Waals surface area contributed by atoms with Gasteiger partial charge in [0.25, 0.3) is 5.69 Å². The number of nitrogens with one attached hydrogen (secondary N) is 1. The van der Waals surface area contributed by atoms with Crippen molar-refractivity contribution in [1.82, 2.24) is 0 Å². The van der Waals surface area contributed by atoms with Crippen LogP contribution in [0, 0.1) is 17.0 Å². The fourth-order valence-corrected chi connectivity index (χ4v) is 2.42. The molecular formula is C11H15ClN2O3S. The van der Waals surface area contributed by atoms with Gasteiger partial charge in [0.1, 0.15) is 0 Å². The minimum absolute atomic E-state index is 0.0160. The number of hydrogen-bond acceptors (Lipinski definition) is 4. The van der Waals surface area contributed by atoms with E-state index < -0.39 is 15.7 Å². The number of halogens is 1. The normalized spacial score (nSPS) is 12.2. The molecule has 0 aliphatic carbocycles. The number of benzene rings is 1. The summed E-state index contributed by atoms with van der Waals surface area (Å²) in [7, 11) is -0.806. The third-order valence-electron chi connectivity index (χ3n) is 2.39. The van der Waals surface area contributed by atoms with Crippen LogP contribution >= 0.6 is 11.6 Å². The topological polar surface area (TPSA) is 72.2 Å². The van der Waals surface area contributed by atoms with Crippen molar-refractivity contribution in [3.05, 3.63) is 32.8 Å². The largest absolute Gasteiger partial charge is 0.384 e. The zero-order valence-electron chi connectivity index (χ0n) is 10.2. The minimum atomic E-state index is -0.806. The number of nitrogens with zero attached hydrogens (tertiary/aromatic N) is 1. The molecular weight excluding hydrogens is 276 g/mol. The van der Waals surface area contributed by atoms with Gasteiger partial charge in [0.15, 0.2) is 0 Å². The zero-order chi connectivity index (χ0) is 13.7. The number of aryl methyl sites for hydroxylation is 1. The van der Waals surface area contributed by atoms with E-state index in [4.69, 9.17) is 11.6 Å². The molecule has 0 radical (unpaired) electrons. The highest BCUT2D eigenvalue weighted by molar-refractivity contribution is 7.84. The first-order valence-corrected chi connectivity index (χ1v) is 7.50. The van der Waals surface area contributed by atoms with Gasteiger partial charge < -0.3 is 5.32 Å². The number of anilines is 1. The highest BCUT2D eigenvalue weighted by atomic mass is 35.5. The summed E-state index contributed by atoms with van der Waals surface area (Å²) in [4.78, 5) is 10.2. The van der Waals surface area contributed by atoms with Crippen molar-refractivity contribution in [1.29, 1.82) is 0 Å². The molecule has 0 aliphatic heterocycles. The molecule has 1 rings (SSSR count). The molecule has 7 heteroatoms. The first kappa shape index (κ1) is 14.9. The number of rotatable bonds is 6. The van der Waals surface area contributed by atoms with E-state index in [1.54, 1.807) is 13.2 Å². The van der Waals surface area contributed by atoms with Gasteiger partial charge in [0.05, 0.1) is 15.6 Å². The van der Waals surface area contributed by atoms with Crippen molar-refractivity contribution in [2.75, 3.05) is 23.9 Å². The van der Waals surface area contributed by atoms with Crippen LogP contribution in [0.3, 0.4) is 0 Å². The van der Waals surface area contributed by atoms with Gasteiger partial charge in [-0.1, -0.05) is 11.6 Å². The van der Waals surface area contributed by atoms with Crippen LogP contribution in [-0.4, -0.2) is 27.7 Å². The van der Waals surface area contributed by atoms with E-state index in [0.29, 0.717) is 23.0 Å². The van der Waals surface area contributed by atoms with E-state index in [0.717, 1.165) is 12.0 Å². The Hall–Kier alpha value is -1.14. The number of nitro benzene ring substituents is 1. The molecule has 0 fully saturated rings. The highest BCUT2D eigenvalue weighted by Crippen LogP contribution is 2.30. The monoisotopic (exact) mass is 290 g/mol. The van der Waals surface area contributed by atoms with Crippen LogP contribution in [-0.2, 0) is 10.8 Å². The zero-order valence-corrected chi connectivity index (χ0v) is 11.8. The summed E-state index contributed by atoms with van der Waals surface area (Å²) in [5.41, 5.74) is 1.41. The van der Waals surface area contributed by atoms with Crippen molar-refractivity contribution < 1.29 is 9.13 Å². The van der Waals surface area contributed by atoms with Gasteiger partial charge >= 0.3 is 0 Å². The predicted octanol–water partition coefficient (Wildman–Crippen LogP) is 2.74. The fraction of sp³-hybridized carbons (Fsp3) is 0.455. The predicted molar refractivity (Wildman–Crippen MR) is 74.9 cm³/mol. The van der Waals surface area contributed by atoms with Crippen LogP contribution in [0.15, 0.2) is 12.1 Å². The maximum atomic E-state index is 10.9. The summed E-state index contributed by atoms with van der Waals surface area (Å²) in [6.07, 6.45) is 2.42. The number of nitro groups is 1. The Balaban J connectivity index is 2.72. The summed E-state index contributed by atoms with van der Waals surface area (Å²) in [5.74, 6) is 0.622. The molecule has 0 heterocycles. The first-order chi connectivity index (χ1) is 8.41. The molecule has 1 aromatic carbocycles. The quantitative estimate of drug-likeness (QED) is 0.497. The van der Waals surface area contributed by atoms with E-state index >= 15 is 0 Å². The van der Waals surface area contributed by atoms with Crippen LogP contribution in [0.4, 0.5) is 11.4 Å². The summed E-state index contributed by atoms with van der Waals surface area (Å²) in [5, 5.41) is 14.1. The Morgan fingerprint density at radius 2 is 2.17 bits per heavy atom. The Morgan fingerprint density at radius 3 is 2.67 bits per heavy atom. The van der Waals surface area contributed by atoms with E-state index in [1.807, 2.05) is 0 Å². The van der Waals surface area contributed by atoms with Crippen molar-refractivity contribution in [3.63, 3.8) is 0 Å². The average molecular weight is 291 g/mol. The molecule has 0 spiro atoms. The Morgan fingerprint density at radius 1 is 1.50 bits per heavy atom. The molecule has 0 saturated carbocycles. The second-order valence-corrected chi connectivity index (χ2v) is 5.90. The van der Waals surface area contributed by atoms with Crippen LogP contribution in [0.5, 0.6) is 0 Å². The van der Waals surface area contributed by atoms with Crippen LogP contribution in [0.2, 0.25) is 5.02 Å². The Labute approximate surface area is 113 Å². The molecule has 1 N–H and O–H groups in total. The van der Waals surface area contributed by atoms with Crippen molar-refractivity contribution >= 4 is 33.8 Å². The first-order valence-electron chi connectivity index (χ1n) is 5.40. The molecule has 0 aliphatic rings. The van der Waals surface area contributed by atoms with E-state index in [-0.39, 0.29) is 5.69 Å². The summed E-state index contributed by atoms with van der Waals surface area (Å²) in [6, 6.07) is 2.81. The van der Waals surface area contributed by atoms with E-state index in [9.17, 15) is 14.3 Å². The van der Waals surface area contributed by atoms with Gasteiger partial charge in [0.2, 0.25) is 0 Å². The third-order valence-corrected chi connectivity index (χ3v) is 3.56. The second kappa shape index (κ2) is 6.70. The molecule has 0 aromatic heterocycles. The lowest BCUT2D eigenvalue weighted by Gasteiger charge is -2.11. The SMILES string of the molecule is Cc1cc([N+](=O)[O-])cc(Cl)c1NCCCS(C)=O. The van der Waals surface area contributed by atoms with E-state index in [1.165, 1.54) is 12.1 Å². The Bertz CT molecular complexity index is 456. The maximum Gasteiger partial charge on any atom is 0.271 e. The van der Waals surface area contributed by atoms with Gasteiger partial charge in [-0.25, -0.2) is 0 Å². The van der Waals surface area contributed by atoms with Crippen molar-refractivity contribution in [2.24, 2.45) is 0 Å². The number of hydrogen-bond donors (Lipinski definition) is 1. The molecule has 1 aromatic rings. The molecule has 1 atom stereocenters. The third kappa shape index (κ3) is 4.27. The smallest absolute Gasteiger partial charge is 0.271 e. The standard InChI is InChI=1S/C11H15ClN2O3S/c1-8-6-9(14(15)16)7-10(12)11(8)13-4-3-5-18(2)17/h6-7,13H,3-5H2,1-2H3. The molecule has 1 unspecified atom stereocenters.